The summed E-state index contributed by atoms with van der Waals surface area (Å²) in [5.74, 6) is -52.7. The van der Waals surface area contributed by atoms with E-state index in [1.807, 2.05) is 0 Å². The molecular weight excluding hydrogens is 675 g/mol. The van der Waals surface area contributed by atoms with Crippen molar-refractivity contribution in [1.29, 1.82) is 0 Å². The van der Waals surface area contributed by atoms with Crippen LogP contribution in [0.1, 0.15) is 30.9 Å². The molecule has 0 heterocycles. The Balaban J connectivity index is 3.57. The normalized spacial score (nSPS) is 16.2. The molecule has 0 unspecified atom stereocenters. The third kappa shape index (κ3) is 5.86. The zero-order chi connectivity index (χ0) is 34.0. The fourth-order valence-electron chi connectivity index (χ4n) is 3.02. The number of hydrogen-bond donors (Lipinski definition) is 0. The maximum atomic E-state index is 14.3. The van der Waals surface area contributed by atoms with Crippen LogP contribution in [0.3, 0.4) is 0 Å². The summed E-state index contributed by atoms with van der Waals surface area (Å²) in [6, 6.07) is 5.41. The largest absolute Gasteiger partial charge is 0.460 e. The van der Waals surface area contributed by atoms with Gasteiger partial charge in [0, 0.05) is 5.75 Å². The Kier molecular flexibility index (Phi) is 9.78. The maximum Gasteiger partial charge on any atom is 0.460 e. The number of alkyl halides is 17. The second-order valence-electron chi connectivity index (χ2n) is 9.46. The van der Waals surface area contributed by atoms with Gasteiger partial charge in [-0.25, -0.2) is 3.63 Å². The number of rotatable bonds is 12. The van der Waals surface area contributed by atoms with Crippen LogP contribution in [-0.2, 0) is 19.5 Å². The van der Waals surface area contributed by atoms with Crippen LogP contribution < -0.4 is 0 Å². The Bertz CT molecular complexity index is 1220. The SMILES string of the molecule is CC(C)c1ccc(CS(C)(C)OS(=O)(=O)C(F)(F)C(F)(F)C(F)(F)C(F)(F)C(F)(F)C(F)(F)C(F)(F)C(F)(F)F)cc1. The molecule has 22 heteroatoms. The summed E-state index contributed by atoms with van der Waals surface area (Å²) in [5, 5.41) is -7.70. The number of halogens is 17. The van der Waals surface area contributed by atoms with Crippen LogP contribution >= 0.6 is 10.3 Å². The van der Waals surface area contributed by atoms with Crippen molar-refractivity contribution in [1.82, 2.24) is 0 Å². The van der Waals surface area contributed by atoms with Crippen LogP contribution in [0.5, 0.6) is 0 Å². The first-order chi connectivity index (χ1) is 18.1. The van der Waals surface area contributed by atoms with Crippen molar-refractivity contribution in [3.8, 4) is 0 Å². The molecule has 0 saturated carbocycles. The zero-order valence-corrected chi connectivity index (χ0v) is 22.7. The first kappa shape index (κ1) is 38.3. The average molecular weight is 694 g/mol. The molecule has 0 radical (unpaired) electrons. The van der Waals surface area contributed by atoms with E-state index in [-0.39, 0.29) is 11.5 Å². The highest BCUT2D eigenvalue weighted by Crippen LogP contribution is 2.65. The van der Waals surface area contributed by atoms with Crippen molar-refractivity contribution < 1.29 is 86.7 Å². The van der Waals surface area contributed by atoms with E-state index in [1.54, 1.807) is 13.8 Å². The van der Waals surface area contributed by atoms with Crippen LogP contribution in [0.4, 0.5) is 74.6 Å². The molecule has 1 aromatic carbocycles. The summed E-state index contributed by atoms with van der Waals surface area (Å²) in [7, 11) is -11.3. The molecule has 0 N–H and O–H groups in total. The highest BCUT2D eigenvalue weighted by atomic mass is 32.3. The van der Waals surface area contributed by atoms with Gasteiger partial charge in [-0.2, -0.15) is 83.1 Å². The molecule has 1 aromatic rings. The van der Waals surface area contributed by atoms with E-state index in [0.29, 0.717) is 18.1 Å². The van der Waals surface area contributed by atoms with Crippen LogP contribution in [-0.4, -0.2) is 67.9 Å². The summed E-state index contributed by atoms with van der Waals surface area (Å²) >= 11 is 0. The van der Waals surface area contributed by atoms with Crippen molar-refractivity contribution >= 4 is 20.4 Å². The molecule has 0 aliphatic heterocycles. The van der Waals surface area contributed by atoms with E-state index in [0.717, 1.165) is 0 Å². The molecule has 0 aromatic heterocycles. The molecule has 0 aliphatic rings. The Hall–Kier alpha value is -1.71. The lowest BCUT2D eigenvalue weighted by Crippen LogP contribution is -2.75. The van der Waals surface area contributed by atoms with Gasteiger partial charge in [0.1, 0.15) is 0 Å². The quantitative estimate of drug-likeness (QED) is 0.206. The molecule has 1 rings (SSSR count). The molecule has 248 valence electrons. The highest BCUT2D eigenvalue weighted by Gasteiger charge is 2.96. The molecule has 0 spiro atoms. The summed E-state index contributed by atoms with van der Waals surface area (Å²) < 4.78 is 256. The topological polar surface area (TPSA) is 43.4 Å². The lowest BCUT2D eigenvalue weighted by atomic mass is 9.91. The van der Waals surface area contributed by atoms with Gasteiger partial charge in [0.2, 0.25) is 0 Å². The van der Waals surface area contributed by atoms with Crippen molar-refractivity contribution in [3.63, 3.8) is 0 Å². The van der Waals surface area contributed by atoms with Crippen LogP contribution in [0, 0.1) is 0 Å². The Morgan fingerprint density at radius 1 is 0.595 bits per heavy atom. The molecular formula is C20H19F17O3S2. The molecule has 0 aliphatic carbocycles. The van der Waals surface area contributed by atoms with Gasteiger partial charge in [-0.05, 0) is 29.6 Å². The third-order valence-electron chi connectivity index (χ3n) is 5.44. The van der Waals surface area contributed by atoms with E-state index in [9.17, 15) is 83.1 Å². The van der Waals surface area contributed by atoms with Gasteiger partial charge in [0.15, 0.2) is 0 Å². The second kappa shape index (κ2) is 10.7. The molecule has 42 heavy (non-hydrogen) atoms. The second-order valence-corrected chi connectivity index (χ2v) is 14.6. The van der Waals surface area contributed by atoms with Gasteiger partial charge in [0.05, 0.1) is 0 Å². The smallest absolute Gasteiger partial charge is 0.215 e. The average Bonchev–Trinajstić information content (AvgIpc) is 2.76. The van der Waals surface area contributed by atoms with Crippen LogP contribution in [0.25, 0.3) is 0 Å². The molecule has 0 amide bonds. The standard InChI is InChI=1S/C20H19F17O3S2/c1-10(2)12-7-5-11(6-8-12)9-41(3,4)40-42(38,39)20(36,37)18(31,32)16(27,28)14(23,24)13(21,22)15(25,26)17(29,30)19(33,34)35/h5-8,10H,9H2,1-4H3. The van der Waals surface area contributed by atoms with E-state index in [2.05, 4.69) is 3.63 Å². The fourth-order valence-corrected chi connectivity index (χ4v) is 6.93. The Morgan fingerprint density at radius 3 is 1.26 bits per heavy atom. The number of benzene rings is 1. The van der Waals surface area contributed by atoms with Crippen LogP contribution in [0.15, 0.2) is 24.3 Å². The van der Waals surface area contributed by atoms with Gasteiger partial charge in [-0.1, -0.05) is 38.1 Å². The van der Waals surface area contributed by atoms with E-state index in [1.165, 1.54) is 24.3 Å². The molecule has 0 bridgehead atoms. The minimum Gasteiger partial charge on any atom is -0.215 e. The van der Waals surface area contributed by atoms with Gasteiger partial charge < -0.3 is 0 Å². The Morgan fingerprint density at radius 2 is 0.929 bits per heavy atom. The van der Waals surface area contributed by atoms with Gasteiger partial charge in [-0.15, -0.1) is 10.3 Å². The summed E-state index contributed by atoms with van der Waals surface area (Å²) in [4.78, 5) is 0. The van der Waals surface area contributed by atoms with Gasteiger partial charge >= 0.3 is 57.1 Å². The minimum absolute atomic E-state index is 0.0521. The summed E-state index contributed by atoms with van der Waals surface area (Å²) in [6.07, 6.45) is -6.59. The lowest BCUT2D eigenvalue weighted by molar-refractivity contribution is -0.458. The minimum atomic E-state index is -8.89. The maximum absolute atomic E-state index is 14.3. The highest BCUT2D eigenvalue weighted by molar-refractivity contribution is 8.31. The first-order valence-electron chi connectivity index (χ1n) is 10.6. The van der Waals surface area contributed by atoms with Gasteiger partial charge in [-0.3, -0.25) is 0 Å². The third-order valence-corrected chi connectivity index (χ3v) is 9.54. The molecule has 0 saturated heterocycles. The zero-order valence-electron chi connectivity index (χ0n) is 21.1. The summed E-state index contributed by atoms with van der Waals surface area (Å²) in [5.41, 5.74) is 0.749. The first-order valence-corrected chi connectivity index (χ1v) is 14.5. The molecule has 0 fully saturated rings. The van der Waals surface area contributed by atoms with Crippen molar-refractivity contribution in [2.24, 2.45) is 0 Å². The fraction of sp³-hybridized carbons (Fsp3) is 0.700. The van der Waals surface area contributed by atoms with E-state index in [4.69, 9.17) is 0 Å². The van der Waals surface area contributed by atoms with Crippen molar-refractivity contribution in [2.75, 3.05) is 12.5 Å². The van der Waals surface area contributed by atoms with E-state index >= 15 is 0 Å². The van der Waals surface area contributed by atoms with Crippen molar-refractivity contribution in [2.45, 2.75) is 72.5 Å². The molecule has 0 atom stereocenters. The van der Waals surface area contributed by atoms with Crippen molar-refractivity contribution in [3.05, 3.63) is 35.4 Å². The van der Waals surface area contributed by atoms with Gasteiger partial charge in [0.25, 0.3) is 0 Å². The van der Waals surface area contributed by atoms with Crippen LogP contribution in [0.2, 0.25) is 0 Å². The number of hydrogen-bond acceptors (Lipinski definition) is 3. The Labute approximate surface area is 228 Å². The molecule has 3 nitrogen and oxygen atoms in total. The van der Waals surface area contributed by atoms with E-state index < -0.39 is 73.1 Å². The lowest BCUT2D eigenvalue weighted by Gasteiger charge is -2.42. The predicted octanol–water partition coefficient (Wildman–Crippen LogP) is 8.60. The predicted molar refractivity (Wildman–Crippen MR) is 114 cm³/mol. The summed E-state index contributed by atoms with van der Waals surface area (Å²) in [6.45, 7) is 3.47. The monoisotopic (exact) mass is 694 g/mol.